The summed E-state index contributed by atoms with van der Waals surface area (Å²) in [5.41, 5.74) is 6.21. The number of hydrogen-bond donors (Lipinski definition) is 1. The van der Waals surface area contributed by atoms with Crippen molar-refractivity contribution in [3.05, 3.63) is 29.6 Å². The molecule has 1 saturated heterocycles. The molecule has 0 unspecified atom stereocenters. The van der Waals surface area contributed by atoms with E-state index in [0.29, 0.717) is 37.6 Å². The molecule has 2 rings (SSSR count). The maximum atomic E-state index is 13.0. The summed E-state index contributed by atoms with van der Waals surface area (Å²) in [5.74, 6) is 0.320. The number of hydroxylamine groups is 2. The van der Waals surface area contributed by atoms with Crippen LogP contribution in [0, 0.1) is 5.82 Å². The Morgan fingerprint density at radius 3 is 2.81 bits per heavy atom. The van der Waals surface area contributed by atoms with Gasteiger partial charge in [-0.05, 0) is 18.2 Å². The van der Waals surface area contributed by atoms with Crippen molar-refractivity contribution in [2.75, 3.05) is 26.3 Å². The van der Waals surface area contributed by atoms with Crippen LogP contribution in [0.3, 0.4) is 0 Å². The van der Waals surface area contributed by atoms with Gasteiger partial charge in [-0.15, -0.1) is 5.06 Å². The van der Waals surface area contributed by atoms with Gasteiger partial charge in [0.2, 0.25) is 0 Å². The number of halogens is 1. The zero-order valence-electron chi connectivity index (χ0n) is 8.99. The average Bonchev–Trinajstić information content (AvgIpc) is 2.33. The van der Waals surface area contributed by atoms with Crippen LogP contribution >= 0.6 is 0 Å². The lowest BCUT2D eigenvalue weighted by molar-refractivity contribution is -0.118. The van der Waals surface area contributed by atoms with Gasteiger partial charge in [0.05, 0.1) is 26.3 Å². The van der Waals surface area contributed by atoms with Crippen molar-refractivity contribution in [2.45, 2.75) is 6.54 Å². The van der Waals surface area contributed by atoms with E-state index in [2.05, 4.69) is 0 Å². The highest BCUT2D eigenvalue weighted by atomic mass is 19.1. The fraction of sp³-hybridized carbons (Fsp3) is 0.455. The maximum Gasteiger partial charge on any atom is 0.152 e. The van der Waals surface area contributed by atoms with Gasteiger partial charge in [-0.25, -0.2) is 4.39 Å². The van der Waals surface area contributed by atoms with Crippen molar-refractivity contribution in [3.63, 3.8) is 0 Å². The topological polar surface area (TPSA) is 47.7 Å². The molecule has 0 radical (unpaired) electrons. The van der Waals surface area contributed by atoms with Gasteiger partial charge >= 0.3 is 0 Å². The molecule has 1 aromatic carbocycles. The van der Waals surface area contributed by atoms with Gasteiger partial charge in [0, 0.05) is 12.1 Å². The van der Waals surface area contributed by atoms with Crippen molar-refractivity contribution in [2.24, 2.45) is 5.73 Å². The lowest BCUT2D eigenvalue weighted by Crippen LogP contribution is -2.38. The van der Waals surface area contributed by atoms with Crippen LogP contribution in [-0.2, 0) is 11.3 Å². The highest BCUT2D eigenvalue weighted by molar-refractivity contribution is 5.33. The van der Waals surface area contributed by atoms with E-state index in [0.717, 1.165) is 0 Å². The number of ether oxygens (including phenoxy) is 1. The molecule has 16 heavy (non-hydrogen) atoms. The molecule has 4 nitrogen and oxygen atoms in total. The lowest BCUT2D eigenvalue weighted by atomic mass is 10.2. The number of rotatable bonds is 3. The van der Waals surface area contributed by atoms with E-state index in [4.69, 9.17) is 15.3 Å². The summed E-state index contributed by atoms with van der Waals surface area (Å²) in [6.45, 7) is 2.98. The first-order valence-electron chi connectivity index (χ1n) is 5.29. The molecule has 0 atom stereocenters. The molecule has 1 heterocycles. The van der Waals surface area contributed by atoms with Gasteiger partial charge in [-0.3, -0.25) is 0 Å². The van der Waals surface area contributed by atoms with Crippen LogP contribution in [0.1, 0.15) is 5.56 Å². The second kappa shape index (κ2) is 5.25. The fourth-order valence-electron chi connectivity index (χ4n) is 1.57. The number of nitrogens with two attached hydrogens (primary N) is 1. The van der Waals surface area contributed by atoms with Gasteiger partial charge < -0.3 is 15.3 Å². The van der Waals surface area contributed by atoms with Crippen LogP contribution in [0.15, 0.2) is 18.2 Å². The lowest BCUT2D eigenvalue weighted by Gasteiger charge is -2.27. The van der Waals surface area contributed by atoms with E-state index in [1.165, 1.54) is 12.1 Å². The summed E-state index contributed by atoms with van der Waals surface area (Å²) < 4.78 is 18.2. The minimum absolute atomic E-state index is 0.261. The number of benzene rings is 1. The van der Waals surface area contributed by atoms with E-state index in [1.807, 2.05) is 0 Å². The molecule has 0 bridgehead atoms. The molecule has 1 fully saturated rings. The molecule has 1 aliphatic rings. The third-order valence-corrected chi connectivity index (χ3v) is 2.44. The van der Waals surface area contributed by atoms with Crippen molar-refractivity contribution < 1.29 is 14.0 Å². The molecule has 0 amide bonds. The Morgan fingerprint density at radius 2 is 2.12 bits per heavy atom. The first-order valence-corrected chi connectivity index (χ1v) is 5.29. The molecule has 0 saturated carbocycles. The van der Waals surface area contributed by atoms with Crippen LogP contribution in [0.25, 0.3) is 0 Å². The smallest absolute Gasteiger partial charge is 0.152 e. The Kier molecular flexibility index (Phi) is 3.71. The van der Waals surface area contributed by atoms with E-state index in [1.54, 1.807) is 11.1 Å². The molecule has 1 aliphatic heterocycles. The average molecular weight is 226 g/mol. The largest absolute Gasteiger partial charge is 0.405 e. The summed E-state index contributed by atoms with van der Waals surface area (Å²) in [5, 5.41) is 1.80. The molecule has 0 aliphatic carbocycles. The SMILES string of the molecule is NCc1cc(F)ccc1ON1CCOCC1. The Morgan fingerprint density at radius 1 is 1.38 bits per heavy atom. The molecule has 0 aromatic heterocycles. The first-order chi connectivity index (χ1) is 7.79. The highest BCUT2D eigenvalue weighted by Crippen LogP contribution is 2.20. The maximum absolute atomic E-state index is 13.0. The van der Waals surface area contributed by atoms with Gasteiger partial charge in [-0.2, -0.15) is 0 Å². The zero-order valence-corrected chi connectivity index (χ0v) is 8.99. The van der Waals surface area contributed by atoms with E-state index >= 15 is 0 Å². The second-order valence-corrected chi connectivity index (χ2v) is 3.59. The minimum atomic E-state index is -0.297. The summed E-state index contributed by atoms with van der Waals surface area (Å²) >= 11 is 0. The van der Waals surface area contributed by atoms with Crippen LogP contribution in [0.2, 0.25) is 0 Å². The summed E-state index contributed by atoms with van der Waals surface area (Å²) in [6.07, 6.45) is 0. The zero-order chi connectivity index (χ0) is 11.4. The van der Waals surface area contributed by atoms with Crippen molar-refractivity contribution in [1.29, 1.82) is 0 Å². The first kappa shape index (κ1) is 11.3. The Bertz CT molecular complexity index is 354. The molecular formula is C11H15FN2O2. The van der Waals surface area contributed by atoms with Gasteiger partial charge in [-0.1, -0.05) is 0 Å². The molecule has 88 valence electrons. The monoisotopic (exact) mass is 226 g/mol. The van der Waals surface area contributed by atoms with E-state index in [9.17, 15) is 4.39 Å². The summed E-state index contributed by atoms with van der Waals surface area (Å²) in [6, 6.07) is 4.37. The number of morpholine rings is 1. The quantitative estimate of drug-likeness (QED) is 0.832. The minimum Gasteiger partial charge on any atom is -0.405 e. The summed E-state index contributed by atoms with van der Waals surface area (Å²) in [7, 11) is 0. The Hall–Kier alpha value is -1.17. The number of nitrogens with zero attached hydrogens (tertiary/aromatic N) is 1. The molecule has 0 spiro atoms. The standard InChI is InChI=1S/C11H15FN2O2/c12-10-1-2-11(9(7-10)8-13)16-14-3-5-15-6-4-14/h1-2,7H,3-6,8,13H2. The fourth-order valence-corrected chi connectivity index (χ4v) is 1.57. The van der Waals surface area contributed by atoms with Crippen molar-refractivity contribution in [3.8, 4) is 5.75 Å². The highest BCUT2D eigenvalue weighted by Gasteiger charge is 2.14. The third kappa shape index (κ3) is 2.69. The third-order valence-electron chi connectivity index (χ3n) is 2.44. The molecule has 2 N–H and O–H groups in total. The molecule has 1 aromatic rings. The van der Waals surface area contributed by atoms with E-state index < -0.39 is 0 Å². The van der Waals surface area contributed by atoms with Crippen LogP contribution in [0.5, 0.6) is 5.75 Å². The van der Waals surface area contributed by atoms with Crippen LogP contribution in [0.4, 0.5) is 4.39 Å². The molecule has 5 heteroatoms. The predicted molar refractivity (Wildman–Crippen MR) is 57.3 cm³/mol. The second-order valence-electron chi connectivity index (χ2n) is 3.59. The molecular weight excluding hydrogens is 211 g/mol. The van der Waals surface area contributed by atoms with Gasteiger partial charge in [0.25, 0.3) is 0 Å². The van der Waals surface area contributed by atoms with Crippen molar-refractivity contribution in [1.82, 2.24) is 5.06 Å². The summed E-state index contributed by atoms with van der Waals surface area (Å²) in [4.78, 5) is 5.64. The normalized spacial score (nSPS) is 17.4. The Labute approximate surface area is 93.7 Å². The van der Waals surface area contributed by atoms with Crippen LogP contribution < -0.4 is 10.6 Å². The Balaban J connectivity index is 2.07. The van der Waals surface area contributed by atoms with Gasteiger partial charge in [0.1, 0.15) is 5.82 Å². The van der Waals surface area contributed by atoms with Crippen molar-refractivity contribution >= 4 is 0 Å². The predicted octanol–water partition coefficient (Wildman–Crippen LogP) is 0.910. The van der Waals surface area contributed by atoms with Crippen LogP contribution in [-0.4, -0.2) is 31.4 Å². The van der Waals surface area contributed by atoms with Gasteiger partial charge in [0.15, 0.2) is 5.75 Å². The van der Waals surface area contributed by atoms with E-state index in [-0.39, 0.29) is 12.4 Å². The number of hydrogen-bond acceptors (Lipinski definition) is 4.